The fourth-order valence-electron chi connectivity index (χ4n) is 1.87. The molecule has 0 atom stereocenters. The van der Waals surface area contributed by atoms with Gasteiger partial charge in [-0.2, -0.15) is 0 Å². The van der Waals surface area contributed by atoms with Crippen LogP contribution in [0.1, 0.15) is 32.8 Å². The number of hydrogen-bond donors (Lipinski definition) is 1. The molecule has 0 spiro atoms. The molecule has 1 aromatic heterocycles. The van der Waals surface area contributed by atoms with E-state index in [1.807, 2.05) is 12.1 Å². The number of hydrogen-bond acceptors (Lipinski definition) is 4. The van der Waals surface area contributed by atoms with Crippen LogP contribution in [0.15, 0.2) is 18.2 Å². The SMILES string of the molecule is CCC(=O)Oc1c(NC(C)=O)sc2cc(CC)ccc12. The number of benzene rings is 1. The molecule has 1 amide bonds. The molecule has 2 rings (SSSR count). The van der Waals surface area contributed by atoms with Gasteiger partial charge in [0.15, 0.2) is 5.75 Å². The third kappa shape index (κ3) is 2.99. The van der Waals surface area contributed by atoms with Crippen molar-refractivity contribution in [2.45, 2.75) is 33.6 Å². The molecule has 0 radical (unpaired) electrons. The van der Waals surface area contributed by atoms with Gasteiger partial charge < -0.3 is 10.1 Å². The lowest BCUT2D eigenvalue weighted by Crippen LogP contribution is -2.09. The zero-order valence-electron chi connectivity index (χ0n) is 11.8. The van der Waals surface area contributed by atoms with Gasteiger partial charge in [-0.25, -0.2) is 0 Å². The van der Waals surface area contributed by atoms with Crippen LogP contribution in [0.2, 0.25) is 0 Å². The predicted octanol–water partition coefficient (Wildman–Crippen LogP) is 3.74. The number of nitrogens with one attached hydrogen (secondary N) is 1. The molecule has 4 nitrogen and oxygen atoms in total. The van der Waals surface area contributed by atoms with E-state index in [0.717, 1.165) is 16.5 Å². The van der Waals surface area contributed by atoms with Gasteiger partial charge in [0.2, 0.25) is 5.91 Å². The average Bonchev–Trinajstić information content (AvgIpc) is 2.74. The third-order valence-corrected chi connectivity index (χ3v) is 3.96. The number of carbonyl (C=O) groups is 2. The molecule has 0 unspecified atom stereocenters. The highest BCUT2D eigenvalue weighted by Gasteiger charge is 2.17. The largest absolute Gasteiger partial charge is 0.423 e. The average molecular weight is 291 g/mol. The van der Waals surface area contributed by atoms with Gasteiger partial charge in [0.25, 0.3) is 0 Å². The lowest BCUT2D eigenvalue weighted by molar-refractivity contribution is -0.133. The van der Waals surface area contributed by atoms with E-state index in [1.54, 1.807) is 6.92 Å². The molecule has 1 N–H and O–H groups in total. The van der Waals surface area contributed by atoms with E-state index in [4.69, 9.17) is 4.74 Å². The van der Waals surface area contributed by atoms with Crippen LogP contribution in [0.4, 0.5) is 5.00 Å². The molecule has 1 aromatic carbocycles. The maximum absolute atomic E-state index is 11.6. The molecule has 0 aliphatic carbocycles. The number of carbonyl (C=O) groups excluding carboxylic acids is 2. The molecule has 2 aromatic rings. The Hall–Kier alpha value is -1.88. The Balaban J connectivity index is 2.53. The minimum Gasteiger partial charge on any atom is -0.423 e. The van der Waals surface area contributed by atoms with Gasteiger partial charge in [-0.15, -0.1) is 11.3 Å². The van der Waals surface area contributed by atoms with Crippen molar-refractivity contribution in [2.24, 2.45) is 0 Å². The van der Waals surface area contributed by atoms with Crippen molar-refractivity contribution < 1.29 is 14.3 Å². The highest BCUT2D eigenvalue weighted by molar-refractivity contribution is 7.23. The smallest absolute Gasteiger partial charge is 0.311 e. The maximum Gasteiger partial charge on any atom is 0.311 e. The number of amides is 1. The Morgan fingerprint density at radius 2 is 2.05 bits per heavy atom. The molecule has 1 heterocycles. The highest BCUT2D eigenvalue weighted by atomic mass is 32.1. The van der Waals surface area contributed by atoms with E-state index >= 15 is 0 Å². The molecule has 20 heavy (non-hydrogen) atoms. The summed E-state index contributed by atoms with van der Waals surface area (Å²) in [4.78, 5) is 22.8. The zero-order valence-corrected chi connectivity index (χ0v) is 12.6. The lowest BCUT2D eigenvalue weighted by atomic mass is 10.1. The molecule has 0 aliphatic rings. The number of anilines is 1. The van der Waals surface area contributed by atoms with E-state index in [0.29, 0.717) is 17.2 Å². The van der Waals surface area contributed by atoms with Crippen molar-refractivity contribution in [2.75, 3.05) is 5.32 Å². The first-order valence-corrected chi connectivity index (χ1v) is 7.40. The van der Waals surface area contributed by atoms with E-state index in [-0.39, 0.29) is 11.9 Å². The fraction of sp³-hybridized carbons (Fsp3) is 0.333. The summed E-state index contributed by atoms with van der Waals surface area (Å²) in [7, 11) is 0. The van der Waals surface area contributed by atoms with Crippen LogP contribution in [0, 0.1) is 0 Å². The lowest BCUT2D eigenvalue weighted by Gasteiger charge is -2.05. The molecular weight excluding hydrogens is 274 g/mol. The fourth-order valence-corrected chi connectivity index (χ4v) is 3.01. The van der Waals surface area contributed by atoms with Crippen LogP contribution in [-0.2, 0) is 16.0 Å². The topological polar surface area (TPSA) is 55.4 Å². The molecule has 106 valence electrons. The highest BCUT2D eigenvalue weighted by Crippen LogP contribution is 2.42. The first-order chi connectivity index (χ1) is 9.55. The third-order valence-electron chi connectivity index (χ3n) is 2.91. The molecular formula is C15H17NO3S. The second-order valence-corrected chi connectivity index (χ2v) is 5.51. The van der Waals surface area contributed by atoms with Crippen molar-refractivity contribution in [1.82, 2.24) is 0 Å². The molecule has 0 fully saturated rings. The normalized spacial score (nSPS) is 10.6. The van der Waals surface area contributed by atoms with Crippen LogP contribution in [0.25, 0.3) is 10.1 Å². The van der Waals surface area contributed by atoms with Crippen LogP contribution < -0.4 is 10.1 Å². The van der Waals surface area contributed by atoms with Crippen molar-refractivity contribution in [1.29, 1.82) is 0 Å². The van der Waals surface area contributed by atoms with Gasteiger partial charge in [-0.3, -0.25) is 9.59 Å². The number of thiophene rings is 1. The van der Waals surface area contributed by atoms with Gasteiger partial charge in [0, 0.05) is 23.4 Å². The maximum atomic E-state index is 11.6. The van der Waals surface area contributed by atoms with E-state index in [9.17, 15) is 9.59 Å². The summed E-state index contributed by atoms with van der Waals surface area (Å²) in [6, 6.07) is 6.01. The van der Waals surface area contributed by atoms with Crippen LogP contribution in [0.3, 0.4) is 0 Å². The molecule has 0 saturated carbocycles. The number of rotatable bonds is 4. The van der Waals surface area contributed by atoms with Gasteiger partial charge in [-0.1, -0.05) is 19.9 Å². The van der Waals surface area contributed by atoms with Gasteiger partial charge in [-0.05, 0) is 24.1 Å². The zero-order chi connectivity index (χ0) is 14.7. The van der Waals surface area contributed by atoms with Gasteiger partial charge in [0.05, 0.1) is 0 Å². The summed E-state index contributed by atoms with van der Waals surface area (Å²) in [5.41, 5.74) is 1.21. The standard InChI is InChI=1S/C15H17NO3S/c1-4-10-6-7-11-12(8-10)20-15(16-9(3)17)14(11)19-13(18)5-2/h6-8H,4-5H2,1-3H3,(H,16,17). The minimum absolute atomic E-state index is 0.180. The predicted molar refractivity (Wildman–Crippen MR) is 81.4 cm³/mol. The summed E-state index contributed by atoms with van der Waals surface area (Å²) < 4.78 is 6.39. The summed E-state index contributed by atoms with van der Waals surface area (Å²) in [5.74, 6) is -0.0355. The number of aryl methyl sites for hydroxylation is 1. The number of esters is 1. The Morgan fingerprint density at radius 1 is 1.30 bits per heavy atom. The summed E-state index contributed by atoms with van der Waals surface area (Å²) >= 11 is 1.43. The van der Waals surface area contributed by atoms with Crippen molar-refractivity contribution in [3.8, 4) is 5.75 Å². The first-order valence-electron chi connectivity index (χ1n) is 6.58. The Bertz CT molecular complexity index is 660. The second kappa shape index (κ2) is 6.05. The van der Waals surface area contributed by atoms with Crippen molar-refractivity contribution in [3.05, 3.63) is 23.8 Å². The Labute approximate surface area is 121 Å². The van der Waals surface area contributed by atoms with E-state index < -0.39 is 0 Å². The molecule has 0 bridgehead atoms. The van der Waals surface area contributed by atoms with Crippen LogP contribution in [0.5, 0.6) is 5.75 Å². The van der Waals surface area contributed by atoms with E-state index in [2.05, 4.69) is 18.3 Å². The molecule has 0 aliphatic heterocycles. The van der Waals surface area contributed by atoms with Crippen LogP contribution >= 0.6 is 11.3 Å². The summed E-state index contributed by atoms with van der Waals surface area (Å²) in [6.07, 6.45) is 1.23. The van der Waals surface area contributed by atoms with Gasteiger partial charge in [0.1, 0.15) is 5.00 Å². The van der Waals surface area contributed by atoms with Crippen LogP contribution in [-0.4, -0.2) is 11.9 Å². The monoisotopic (exact) mass is 291 g/mol. The Kier molecular flexibility index (Phi) is 4.39. The minimum atomic E-state index is -0.309. The Morgan fingerprint density at radius 3 is 2.65 bits per heavy atom. The second-order valence-electron chi connectivity index (χ2n) is 4.45. The quantitative estimate of drug-likeness (QED) is 0.873. The van der Waals surface area contributed by atoms with Crippen molar-refractivity contribution >= 4 is 38.3 Å². The van der Waals surface area contributed by atoms with Gasteiger partial charge >= 0.3 is 5.97 Å². The van der Waals surface area contributed by atoms with Crippen molar-refractivity contribution in [3.63, 3.8) is 0 Å². The van der Waals surface area contributed by atoms with E-state index in [1.165, 1.54) is 23.8 Å². The summed E-state index contributed by atoms with van der Waals surface area (Å²) in [5, 5.41) is 4.18. The summed E-state index contributed by atoms with van der Waals surface area (Å²) in [6.45, 7) is 5.26. The first kappa shape index (κ1) is 14.5. The molecule has 5 heteroatoms. The number of ether oxygens (including phenoxy) is 1. The molecule has 0 saturated heterocycles. The number of fused-ring (bicyclic) bond motifs is 1.